The zero-order valence-electron chi connectivity index (χ0n) is 22.1. The van der Waals surface area contributed by atoms with Gasteiger partial charge < -0.3 is 19.1 Å². The van der Waals surface area contributed by atoms with Crippen molar-refractivity contribution in [3.63, 3.8) is 0 Å². The molecule has 3 heterocycles. The van der Waals surface area contributed by atoms with Gasteiger partial charge in [0.2, 0.25) is 0 Å². The highest BCUT2D eigenvalue weighted by molar-refractivity contribution is 6.39. The van der Waals surface area contributed by atoms with Gasteiger partial charge in [-0.2, -0.15) is 0 Å². The Morgan fingerprint density at radius 2 is 1.82 bits per heavy atom. The lowest BCUT2D eigenvalue weighted by molar-refractivity contribution is 0.0699. The first kappa shape index (κ1) is 26.4. The monoisotopic (exact) mass is 565 g/mol. The van der Waals surface area contributed by atoms with Gasteiger partial charge in [0.15, 0.2) is 0 Å². The van der Waals surface area contributed by atoms with Gasteiger partial charge in [-0.25, -0.2) is 4.79 Å². The van der Waals surface area contributed by atoms with E-state index < -0.39 is 5.97 Å². The maximum absolute atomic E-state index is 11.5. The highest BCUT2D eigenvalue weighted by atomic mass is 35.5. The number of piperidine rings is 1. The van der Waals surface area contributed by atoms with Gasteiger partial charge in [0.1, 0.15) is 11.5 Å². The van der Waals surface area contributed by atoms with Gasteiger partial charge in [0, 0.05) is 47.7 Å². The fourth-order valence-corrected chi connectivity index (χ4v) is 6.62. The summed E-state index contributed by atoms with van der Waals surface area (Å²) in [6, 6.07) is 11.8. The molecule has 0 spiro atoms. The molecule has 0 atom stereocenters. The molecule has 0 bridgehead atoms. The molecule has 39 heavy (non-hydrogen) atoms. The molecule has 1 saturated heterocycles. The van der Waals surface area contributed by atoms with Crippen LogP contribution in [0.4, 0.5) is 0 Å². The fourth-order valence-electron chi connectivity index (χ4n) is 6.05. The molecule has 2 fully saturated rings. The molecule has 2 aromatic carbocycles. The van der Waals surface area contributed by atoms with Crippen LogP contribution in [0.25, 0.3) is 22.2 Å². The van der Waals surface area contributed by atoms with Crippen molar-refractivity contribution in [2.75, 3.05) is 19.6 Å². The average Bonchev–Trinajstić information content (AvgIpc) is 3.61. The van der Waals surface area contributed by atoms with Crippen LogP contribution in [0.1, 0.15) is 65.3 Å². The number of rotatable bonds is 9. The van der Waals surface area contributed by atoms with E-state index in [1.54, 1.807) is 6.20 Å². The number of hydrogen-bond acceptors (Lipinski definition) is 4. The Morgan fingerprint density at radius 1 is 1.08 bits per heavy atom. The van der Waals surface area contributed by atoms with Crippen LogP contribution >= 0.6 is 23.2 Å². The van der Waals surface area contributed by atoms with Crippen molar-refractivity contribution < 1.29 is 14.4 Å². The van der Waals surface area contributed by atoms with Gasteiger partial charge in [-0.1, -0.05) is 46.6 Å². The van der Waals surface area contributed by atoms with Crippen molar-refractivity contribution in [2.45, 2.75) is 50.9 Å². The molecule has 8 heteroatoms. The van der Waals surface area contributed by atoms with Crippen LogP contribution in [0.3, 0.4) is 0 Å². The van der Waals surface area contributed by atoms with Crippen LogP contribution in [-0.4, -0.2) is 45.3 Å². The van der Waals surface area contributed by atoms with E-state index >= 15 is 0 Å². The van der Waals surface area contributed by atoms with Crippen molar-refractivity contribution in [1.29, 1.82) is 0 Å². The van der Waals surface area contributed by atoms with Crippen LogP contribution < -0.4 is 0 Å². The lowest BCUT2D eigenvalue weighted by Gasteiger charge is -2.32. The van der Waals surface area contributed by atoms with Crippen molar-refractivity contribution in [2.24, 2.45) is 13.0 Å². The molecule has 2 aromatic heterocycles. The minimum Gasteiger partial charge on any atom is -0.478 e. The molecule has 6 nitrogen and oxygen atoms in total. The first-order valence-electron chi connectivity index (χ1n) is 13.9. The van der Waals surface area contributed by atoms with Gasteiger partial charge in [-0.3, -0.25) is 0 Å². The fraction of sp³-hybridized carbons (Fsp3) is 0.419. The Bertz CT molecular complexity index is 1490. The Morgan fingerprint density at radius 3 is 2.51 bits per heavy atom. The molecule has 4 aromatic rings. The number of aromatic carboxylic acids is 1. The van der Waals surface area contributed by atoms with E-state index in [-0.39, 0.29) is 0 Å². The summed E-state index contributed by atoms with van der Waals surface area (Å²) < 4.78 is 7.76. The summed E-state index contributed by atoms with van der Waals surface area (Å²) in [6.07, 6.45) is 9.44. The molecule has 1 aliphatic heterocycles. The lowest BCUT2D eigenvalue weighted by Crippen LogP contribution is -2.35. The Kier molecular flexibility index (Phi) is 7.45. The molecule has 0 radical (unpaired) electrons. The summed E-state index contributed by atoms with van der Waals surface area (Å²) in [5.74, 6) is 1.31. The molecule has 1 N–H and O–H groups in total. The number of likely N-dealkylation sites (tertiary alicyclic amines) is 1. The number of carboxylic acid groups (broad SMARTS) is 1. The predicted molar refractivity (Wildman–Crippen MR) is 155 cm³/mol. The van der Waals surface area contributed by atoms with Crippen molar-refractivity contribution in [1.82, 2.24) is 14.6 Å². The topological polar surface area (TPSA) is 71.5 Å². The average molecular weight is 567 g/mol. The second-order valence-corrected chi connectivity index (χ2v) is 11.9. The second kappa shape index (κ2) is 11.0. The number of fused-ring (bicyclic) bond motifs is 1. The molecule has 2 aliphatic rings. The Balaban J connectivity index is 1.06. The largest absolute Gasteiger partial charge is 0.478 e. The number of hydrogen-bond donors (Lipinski definition) is 1. The van der Waals surface area contributed by atoms with Crippen LogP contribution in [-0.2, 0) is 19.9 Å². The third kappa shape index (κ3) is 5.47. The number of aromatic nitrogens is 2. The minimum absolute atomic E-state index is 0.365. The van der Waals surface area contributed by atoms with E-state index in [9.17, 15) is 9.90 Å². The molecule has 0 amide bonds. The van der Waals surface area contributed by atoms with E-state index in [1.165, 1.54) is 18.4 Å². The quantitative estimate of drug-likeness (QED) is 0.226. The smallest absolute Gasteiger partial charge is 0.337 e. The van der Waals surface area contributed by atoms with Gasteiger partial charge in [-0.15, -0.1) is 0 Å². The van der Waals surface area contributed by atoms with E-state index in [1.807, 2.05) is 35.9 Å². The third-order valence-corrected chi connectivity index (χ3v) is 9.11. The number of halogens is 2. The van der Waals surface area contributed by atoms with E-state index in [0.29, 0.717) is 27.4 Å². The number of aryl methyl sites for hydroxylation is 2. The molecule has 1 aliphatic carbocycles. The zero-order chi connectivity index (χ0) is 27.1. The number of benzene rings is 2. The van der Waals surface area contributed by atoms with E-state index in [0.717, 1.165) is 85.2 Å². The van der Waals surface area contributed by atoms with Crippen LogP contribution in [0.5, 0.6) is 0 Å². The first-order valence-corrected chi connectivity index (χ1v) is 14.6. The summed E-state index contributed by atoms with van der Waals surface area (Å²) >= 11 is 13.1. The summed E-state index contributed by atoms with van der Waals surface area (Å²) in [7, 11) is 1.91. The maximum Gasteiger partial charge on any atom is 0.337 e. The zero-order valence-corrected chi connectivity index (χ0v) is 23.6. The van der Waals surface area contributed by atoms with Crippen LogP contribution in [0, 0.1) is 5.92 Å². The van der Waals surface area contributed by atoms with Gasteiger partial charge in [-0.05, 0) is 87.7 Å². The number of nitrogens with zero attached hydrogens (tertiary/aromatic N) is 3. The summed E-state index contributed by atoms with van der Waals surface area (Å²) in [5.41, 5.74) is 5.36. The Hall–Kier alpha value is -2.80. The highest BCUT2D eigenvalue weighted by Crippen LogP contribution is 2.46. The molecular formula is C31H33Cl2N3O3. The van der Waals surface area contributed by atoms with Crippen molar-refractivity contribution >= 4 is 40.1 Å². The summed E-state index contributed by atoms with van der Waals surface area (Å²) in [5, 5.41) is 15.9. The third-order valence-electron chi connectivity index (χ3n) is 8.48. The maximum atomic E-state index is 11.5. The molecule has 1 saturated carbocycles. The van der Waals surface area contributed by atoms with Crippen LogP contribution in [0.2, 0.25) is 10.0 Å². The van der Waals surface area contributed by atoms with Crippen molar-refractivity contribution in [3.8, 4) is 11.3 Å². The minimum atomic E-state index is -0.878. The summed E-state index contributed by atoms with van der Waals surface area (Å²) in [6.45, 7) is 3.16. The van der Waals surface area contributed by atoms with E-state index in [4.69, 9.17) is 27.7 Å². The molecular weight excluding hydrogens is 533 g/mol. The second-order valence-electron chi connectivity index (χ2n) is 11.1. The molecule has 204 valence electrons. The Labute approximate surface area is 238 Å². The first-order chi connectivity index (χ1) is 18.9. The highest BCUT2D eigenvalue weighted by Gasteiger charge is 2.33. The number of carbonyl (C=O) groups is 1. The lowest BCUT2D eigenvalue weighted by atomic mass is 9.90. The van der Waals surface area contributed by atoms with E-state index in [2.05, 4.69) is 22.2 Å². The standard InChI is InChI=1S/C31H33Cl2N3O3/c1-35-18-24(31(37)38)22-10-7-20(17-27(22)35)6-5-19-11-14-36(15-12-19)16-13-23-29(34-39-30(23)21-8-9-21)28-25(32)3-2-4-26(28)33/h2-4,7,10,17-19,21H,5-6,8-9,11-16H2,1H3,(H,37,38). The predicted octanol–water partition coefficient (Wildman–Crippen LogP) is 7.60. The normalized spacial score (nSPS) is 16.8. The van der Waals surface area contributed by atoms with Crippen LogP contribution in [0.15, 0.2) is 47.1 Å². The van der Waals surface area contributed by atoms with Gasteiger partial charge >= 0.3 is 5.97 Å². The number of carboxylic acids is 1. The molecule has 6 rings (SSSR count). The van der Waals surface area contributed by atoms with Crippen molar-refractivity contribution in [3.05, 3.63) is 75.1 Å². The van der Waals surface area contributed by atoms with Gasteiger partial charge in [0.05, 0.1) is 15.6 Å². The summed E-state index contributed by atoms with van der Waals surface area (Å²) in [4.78, 5) is 14.1. The SMILES string of the molecule is Cn1cc(C(=O)O)c2ccc(CCC3CCN(CCc4c(-c5c(Cl)cccc5Cl)noc4C4CC4)CC3)cc21. The van der Waals surface area contributed by atoms with Gasteiger partial charge in [0.25, 0.3) is 0 Å². The molecule has 0 unspecified atom stereocenters.